The van der Waals surface area contributed by atoms with Gasteiger partial charge in [0.1, 0.15) is 19.0 Å². The van der Waals surface area contributed by atoms with E-state index in [0.717, 1.165) is 70.6 Å². The minimum absolute atomic E-state index is 0.138. The summed E-state index contributed by atoms with van der Waals surface area (Å²) in [6.07, 6.45) is 27.2. The lowest BCUT2D eigenvalue weighted by Crippen LogP contribution is -2.31. The molecule has 0 heterocycles. The molecule has 0 saturated carbocycles. The van der Waals surface area contributed by atoms with Crippen LogP contribution in [0.1, 0.15) is 213 Å². The normalized spacial score (nSPS) is 11.6. The fourth-order valence-electron chi connectivity index (χ4n) is 5.82. The summed E-state index contributed by atoms with van der Waals surface area (Å²) in [5, 5.41) is 0. The molecule has 0 N–H and O–H groups in total. The van der Waals surface area contributed by atoms with E-state index in [4.69, 9.17) is 18.9 Å². The van der Waals surface area contributed by atoms with E-state index in [9.17, 15) is 24.0 Å². The molecule has 1 atom stereocenters. The molecule has 1 unspecified atom stereocenters. The first-order chi connectivity index (χ1) is 24.8. The number of esters is 4. The molecule has 0 aromatic rings. The molecule has 0 rings (SSSR count). The maximum Gasteiger partial charge on any atom is 0.306 e. The SMILES string of the molecule is CCCCCCCCCCCCCCCC(=O)CCCOC(=O)CCC(=O)OCC(COC(=O)CCCCCCC)OC(=O)CCCCCCC. The van der Waals surface area contributed by atoms with Crippen molar-refractivity contribution in [2.75, 3.05) is 19.8 Å². The second-order valence-electron chi connectivity index (χ2n) is 14.2. The molecule has 9 heteroatoms. The molecule has 9 nitrogen and oxygen atoms in total. The number of ketones is 1. The van der Waals surface area contributed by atoms with E-state index < -0.39 is 24.0 Å². The Hall–Kier alpha value is -2.45. The Bertz CT molecular complexity index is 872. The van der Waals surface area contributed by atoms with E-state index >= 15 is 0 Å². The molecular formula is C42H76O9. The maximum atomic E-state index is 12.4. The van der Waals surface area contributed by atoms with Gasteiger partial charge in [-0.3, -0.25) is 24.0 Å². The van der Waals surface area contributed by atoms with Crippen LogP contribution in [0.25, 0.3) is 0 Å². The molecule has 51 heavy (non-hydrogen) atoms. The molecule has 0 aliphatic carbocycles. The van der Waals surface area contributed by atoms with Crippen LogP contribution in [0, 0.1) is 0 Å². The molecule has 0 fully saturated rings. The first-order valence-corrected chi connectivity index (χ1v) is 21.0. The summed E-state index contributed by atoms with van der Waals surface area (Å²) in [5.41, 5.74) is 0. The second kappa shape index (κ2) is 37.3. The fraction of sp³-hybridized carbons (Fsp3) is 0.881. The van der Waals surface area contributed by atoms with Crippen molar-refractivity contribution in [1.29, 1.82) is 0 Å². The molecule has 0 amide bonds. The molecule has 0 radical (unpaired) electrons. The summed E-state index contributed by atoms with van der Waals surface area (Å²) >= 11 is 0. The lowest BCUT2D eigenvalue weighted by Gasteiger charge is -2.18. The van der Waals surface area contributed by atoms with Gasteiger partial charge in [0.2, 0.25) is 0 Å². The topological polar surface area (TPSA) is 122 Å². The summed E-state index contributed by atoms with van der Waals surface area (Å²) in [7, 11) is 0. The summed E-state index contributed by atoms with van der Waals surface area (Å²) in [6, 6.07) is 0. The highest BCUT2D eigenvalue weighted by molar-refractivity contribution is 5.79. The van der Waals surface area contributed by atoms with Gasteiger partial charge in [0.05, 0.1) is 19.4 Å². The van der Waals surface area contributed by atoms with Gasteiger partial charge in [0, 0.05) is 25.7 Å². The second-order valence-corrected chi connectivity index (χ2v) is 14.2. The van der Waals surface area contributed by atoms with E-state index in [1.807, 2.05) is 0 Å². The number of hydrogen-bond donors (Lipinski definition) is 0. The molecule has 0 aromatic carbocycles. The van der Waals surface area contributed by atoms with Crippen LogP contribution >= 0.6 is 0 Å². The Morgan fingerprint density at radius 1 is 0.353 bits per heavy atom. The first-order valence-electron chi connectivity index (χ1n) is 21.0. The van der Waals surface area contributed by atoms with Gasteiger partial charge in [0.15, 0.2) is 6.10 Å². The third kappa shape index (κ3) is 35.7. The largest absolute Gasteiger partial charge is 0.466 e. The number of Topliss-reactive ketones (excluding diaryl/α,β-unsaturated/α-hetero) is 1. The van der Waals surface area contributed by atoms with Gasteiger partial charge >= 0.3 is 23.9 Å². The van der Waals surface area contributed by atoms with Crippen molar-refractivity contribution in [3.05, 3.63) is 0 Å². The molecule has 298 valence electrons. The minimum Gasteiger partial charge on any atom is -0.466 e. The van der Waals surface area contributed by atoms with Gasteiger partial charge in [-0.2, -0.15) is 0 Å². The minimum atomic E-state index is -0.912. The van der Waals surface area contributed by atoms with Crippen molar-refractivity contribution in [3.8, 4) is 0 Å². The number of hydrogen-bond acceptors (Lipinski definition) is 9. The van der Waals surface area contributed by atoms with Crippen LogP contribution in [0.15, 0.2) is 0 Å². The number of rotatable bonds is 38. The van der Waals surface area contributed by atoms with Gasteiger partial charge < -0.3 is 18.9 Å². The standard InChI is InChI=1S/C42H76O9/c1-4-7-10-13-14-15-16-17-18-19-20-23-24-28-37(43)29-27-34-48-40(45)32-33-41(46)50-36-38(51-42(47)31-26-22-12-9-6-3)35-49-39(44)30-25-21-11-8-5-2/h38H,4-36H2,1-3H3. The predicted molar refractivity (Wildman–Crippen MR) is 203 cm³/mol. The van der Waals surface area contributed by atoms with Crippen LogP contribution in [-0.4, -0.2) is 55.6 Å². The molecule has 0 aliphatic rings. The van der Waals surface area contributed by atoms with Crippen molar-refractivity contribution >= 4 is 29.7 Å². The van der Waals surface area contributed by atoms with Crippen molar-refractivity contribution in [3.63, 3.8) is 0 Å². The van der Waals surface area contributed by atoms with Crippen LogP contribution < -0.4 is 0 Å². The Morgan fingerprint density at radius 3 is 1.14 bits per heavy atom. The van der Waals surface area contributed by atoms with Crippen molar-refractivity contribution in [2.24, 2.45) is 0 Å². The average molecular weight is 725 g/mol. The van der Waals surface area contributed by atoms with Crippen LogP contribution in [0.2, 0.25) is 0 Å². The van der Waals surface area contributed by atoms with Gasteiger partial charge in [-0.05, 0) is 25.7 Å². The van der Waals surface area contributed by atoms with E-state index in [1.54, 1.807) is 0 Å². The number of unbranched alkanes of at least 4 members (excludes halogenated alkanes) is 20. The zero-order valence-electron chi connectivity index (χ0n) is 33.1. The number of ether oxygens (including phenoxy) is 4. The van der Waals surface area contributed by atoms with Gasteiger partial charge in [-0.25, -0.2) is 0 Å². The summed E-state index contributed by atoms with van der Waals surface area (Å²) in [5.74, 6) is -1.77. The highest BCUT2D eigenvalue weighted by Crippen LogP contribution is 2.14. The third-order valence-corrected chi connectivity index (χ3v) is 9.08. The fourth-order valence-corrected chi connectivity index (χ4v) is 5.82. The van der Waals surface area contributed by atoms with Gasteiger partial charge in [0.25, 0.3) is 0 Å². The number of carbonyl (C=O) groups is 5. The predicted octanol–water partition coefficient (Wildman–Crippen LogP) is 10.9. The average Bonchev–Trinajstić information content (AvgIpc) is 3.12. The summed E-state index contributed by atoms with van der Waals surface area (Å²) in [6.45, 7) is 6.19. The Kier molecular flexibility index (Phi) is 35.5. The number of carbonyl (C=O) groups excluding carboxylic acids is 5. The molecule has 0 saturated heterocycles. The Labute approximate surface area is 311 Å². The lowest BCUT2D eigenvalue weighted by molar-refractivity contribution is -0.167. The van der Waals surface area contributed by atoms with E-state index in [2.05, 4.69) is 20.8 Å². The zero-order chi connectivity index (χ0) is 37.6. The van der Waals surface area contributed by atoms with E-state index in [1.165, 1.54) is 70.6 Å². The van der Waals surface area contributed by atoms with E-state index in [-0.39, 0.29) is 57.3 Å². The van der Waals surface area contributed by atoms with Crippen LogP contribution in [0.4, 0.5) is 0 Å². The smallest absolute Gasteiger partial charge is 0.306 e. The van der Waals surface area contributed by atoms with Crippen LogP contribution in [0.5, 0.6) is 0 Å². The lowest BCUT2D eigenvalue weighted by atomic mass is 10.0. The van der Waals surface area contributed by atoms with Crippen molar-refractivity contribution < 1.29 is 42.9 Å². The van der Waals surface area contributed by atoms with Crippen LogP contribution in [-0.2, 0) is 42.9 Å². The molecule has 0 spiro atoms. The van der Waals surface area contributed by atoms with Crippen molar-refractivity contribution in [1.82, 2.24) is 0 Å². The summed E-state index contributed by atoms with van der Waals surface area (Å²) in [4.78, 5) is 61.3. The quantitative estimate of drug-likeness (QED) is 0.0348. The van der Waals surface area contributed by atoms with Gasteiger partial charge in [-0.15, -0.1) is 0 Å². The van der Waals surface area contributed by atoms with E-state index in [0.29, 0.717) is 25.7 Å². The van der Waals surface area contributed by atoms with Crippen molar-refractivity contribution in [2.45, 2.75) is 219 Å². The zero-order valence-corrected chi connectivity index (χ0v) is 33.1. The Morgan fingerprint density at radius 2 is 0.686 bits per heavy atom. The third-order valence-electron chi connectivity index (χ3n) is 9.08. The molecular weight excluding hydrogens is 648 g/mol. The highest BCUT2D eigenvalue weighted by Gasteiger charge is 2.20. The molecule has 0 bridgehead atoms. The maximum absolute atomic E-state index is 12.4. The Balaban J connectivity index is 4.14. The highest BCUT2D eigenvalue weighted by atomic mass is 16.6. The first kappa shape index (κ1) is 48.5. The monoisotopic (exact) mass is 725 g/mol. The van der Waals surface area contributed by atoms with Crippen LogP contribution in [0.3, 0.4) is 0 Å². The van der Waals surface area contributed by atoms with Gasteiger partial charge in [-0.1, -0.05) is 149 Å². The summed E-state index contributed by atoms with van der Waals surface area (Å²) < 4.78 is 21.3. The molecule has 0 aromatic heterocycles. The molecule has 0 aliphatic heterocycles.